The Bertz CT molecular complexity index is 1110. The molecule has 29 heavy (non-hydrogen) atoms. The minimum Gasteiger partial charge on any atom is -0.310 e. The highest BCUT2D eigenvalue weighted by molar-refractivity contribution is 5.83. The smallest absolute Gasteiger partial charge is 0.0491 e. The predicted octanol–water partition coefficient (Wildman–Crippen LogP) is 8.06. The molecule has 0 radical (unpaired) electrons. The Morgan fingerprint density at radius 1 is 0.448 bits per heavy atom. The van der Waals surface area contributed by atoms with Crippen LogP contribution in [0.3, 0.4) is 0 Å². The first-order chi connectivity index (χ1) is 14.1. The molecule has 0 fully saturated rings. The molecular formula is C28H27N. The fourth-order valence-corrected chi connectivity index (χ4v) is 3.99. The lowest BCUT2D eigenvalue weighted by molar-refractivity contribution is 1.20. The van der Waals surface area contributed by atoms with Gasteiger partial charge in [0.2, 0.25) is 0 Å². The lowest BCUT2D eigenvalue weighted by atomic mass is 9.97. The Hall–Kier alpha value is -3.32. The first-order valence-electron chi connectivity index (χ1n) is 10.1. The molecule has 1 heteroatoms. The van der Waals surface area contributed by atoms with Gasteiger partial charge in [0.15, 0.2) is 0 Å². The molecule has 0 amide bonds. The lowest BCUT2D eigenvalue weighted by Crippen LogP contribution is -2.13. The monoisotopic (exact) mass is 377 g/mol. The van der Waals surface area contributed by atoms with E-state index < -0.39 is 0 Å². The molecule has 4 aromatic carbocycles. The molecule has 0 heterocycles. The van der Waals surface area contributed by atoms with Crippen molar-refractivity contribution in [2.75, 3.05) is 4.90 Å². The van der Waals surface area contributed by atoms with Gasteiger partial charge < -0.3 is 4.90 Å². The number of hydrogen-bond donors (Lipinski definition) is 0. The van der Waals surface area contributed by atoms with Crippen LogP contribution < -0.4 is 4.90 Å². The van der Waals surface area contributed by atoms with Gasteiger partial charge in [-0.25, -0.2) is 0 Å². The van der Waals surface area contributed by atoms with Crippen LogP contribution in [0.1, 0.15) is 22.3 Å². The predicted molar refractivity (Wildman–Crippen MR) is 126 cm³/mol. The largest absolute Gasteiger partial charge is 0.310 e. The highest BCUT2D eigenvalue weighted by Crippen LogP contribution is 2.40. The number of rotatable bonds is 4. The molecule has 0 unspecified atom stereocenters. The lowest BCUT2D eigenvalue weighted by Gasteiger charge is -2.30. The maximum absolute atomic E-state index is 2.39. The summed E-state index contributed by atoms with van der Waals surface area (Å²) in [4.78, 5) is 2.39. The molecular weight excluding hydrogens is 350 g/mol. The van der Waals surface area contributed by atoms with Gasteiger partial charge in [-0.3, -0.25) is 0 Å². The average molecular weight is 378 g/mol. The van der Waals surface area contributed by atoms with E-state index in [0.29, 0.717) is 0 Å². The number of anilines is 3. The third-order valence-corrected chi connectivity index (χ3v) is 5.61. The molecule has 0 atom stereocenters. The number of aryl methyl sites for hydroxylation is 4. The minimum atomic E-state index is 1.21. The molecule has 0 aliphatic heterocycles. The first kappa shape index (κ1) is 19.0. The topological polar surface area (TPSA) is 3.24 Å². The molecule has 0 saturated heterocycles. The molecule has 144 valence electrons. The number of hydrogen-bond acceptors (Lipinski definition) is 1. The van der Waals surface area contributed by atoms with Crippen LogP contribution in [0.2, 0.25) is 0 Å². The van der Waals surface area contributed by atoms with Crippen molar-refractivity contribution in [1.29, 1.82) is 0 Å². The van der Waals surface area contributed by atoms with Crippen LogP contribution >= 0.6 is 0 Å². The quantitative estimate of drug-likeness (QED) is 0.347. The zero-order valence-corrected chi connectivity index (χ0v) is 17.6. The zero-order valence-electron chi connectivity index (χ0n) is 17.6. The van der Waals surface area contributed by atoms with E-state index >= 15 is 0 Å². The van der Waals surface area contributed by atoms with Crippen LogP contribution in [0, 0.1) is 27.7 Å². The number of para-hydroxylation sites is 2. The van der Waals surface area contributed by atoms with Crippen LogP contribution in [0.5, 0.6) is 0 Å². The van der Waals surface area contributed by atoms with Gasteiger partial charge in [-0.1, -0.05) is 66.7 Å². The van der Waals surface area contributed by atoms with Gasteiger partial charge in [0.25, 0.3) is 0 Å². The van der Waals surface area contributed by atoms with Crippen molar-refractivity contribution >= 4 is 17.1 Å². The summed E-state index contributed by atoms with van der Waals surface area (Å²) in [6.07, 6.45) is 0. The Kier molecular flexibility index (Phi) is 5.22. The summed E-state index contributed by atoms with van der Waals surface area (Å²) in [5.41, 5.74) is 11.3. The summed E-state index contributed by atoms with van der Waals surface area (Å²) >= 11 is 0. The highest BCUT2D eigenvalue weighted by atomic mass is 15.1. The summed E-state index contributed by atoms with van der Waals surface area (Å²) < 4.78 is 0. The average Bonchev–Trinajstić information content (AvgIpc) is 2.72. The SMILES string of the molecule is Cc1ccccc1-c1ccc(N(c2ccccc2C)c2ccccc2C)c(C)c1. The Morgan fingerprint density at radius 3 is 1.45 bits per heavy atom. The second kappa shape index (κ2) is 7.97. The van der Waals surface area contributed by atoms with Gasteiger partial charge in [-0.2, -0.15) is 0 Å². The van der Waals surface area contributed by atoms with Crippen molar-refractivity contribution in [3.63, 3.8) is 0 Å². The summed E-state index contributed by atoms with van der Waals surface area (Å²) in [6.45, 7) is 8.74. The van der Waals surface area contributed by atoms with Gasteiger partial charge in [-0.05, 0) is 85.3 Å². The second-order valence-corrected chi connectivity index (χ2v) is 7.72. The third-order valence-electron chi connectivity index (χ3n) is 5.61. The van der Waals surface area contributed by atoms with Crippen LogP contribution in [-0.2, 0) is 0 Å². The van der Waals surface area contributed by atoms with Gasteiger partial charge >= 0.3 is 0 Å². The molecule has 0 aliphatic rings. The summed E-state index contributed by atoms with van der Waals surface area (Å²) in [5.74, 6) is 0. The molecule has 0 aromatic heterocycles. The fraction of sp³-hybridized carbons (Fsp3) is 0.143. The maximum atomic E-state index is 2.39. The Balaban J connectivity index is 1.89. The second-order valence-electron chi connectivity index (χ2n) is 7.72. The van der Waals surface area contributed by atoms with E-state index in [0.717, 1.165) is 0 Å². The van der Waals surface area contributed by atoms with E-state index in [1.807, 2.05) is 0 Å². The number of benzene rings is 4. The number of nitrogens with zero attached hydrogens (tertiary/aromatic N) is 1. The molecule has 4 aromatic rings. The van der Waals surface area contributed by atoms with Crippen LogP contribution in [0.4, 0.5) is 17.1 Å². The van der Waals surface area contributed by atoms with Crippen LogP contribution in [0.25, 0.3) is 11.1 Å². The van der Waals surface area contributed by atoms with E-state index in [1.165, 1.54) is 50.4 Å². The third kappa shape index (κ3) is 3.69. The van der Waals surface area contributed by atoms with E-state index in [9.17, 15) is 0 Å². The molecule has 0 bridgehead atoms. The van der Waals surface area contributed by atoms with Crippen molar-refractivity contribution < 1.29 is 0 Å². The van der Waals surface area contributed by atoms with Crippen molar-refractivity contribution in [2.45, 2.75) is 27.7 Å². The standard InChI is InChI=1S/C28H27N/c1-20-11-5-8-14-25(20)24-17-18-28(23(4)19-24)29(26-15-9-6-12-21(26)2)27-16-10-7-13-22(27)3/h5-19H,1-4H3. The Labute approximate surface area is 174 Å². The molecule has 0 saturated carbocycles. The fourth-order valence-electron chi connectivity index (χ4n) is 3.99. The van der Waals surface area contributed by atoms with Crippen molar-refractivity contribution in [3.05, 3.63) is 113 Å². The van der Waals surface area contributed by atoms with Crippen molar-refractivity contribution in [1.82, 2.24) is 0 Å². The molecule has 1 nitrogen and oxygen atoms in total. The van der Waals surface area contributed by atoms with Crippen LogP contribution in [0.15, 0.2) is 91.0 Å². The first-order valence-corrected chi connectivity index (χ1v) is 10.1. The van der Waals surface area contributed by atoms with Crippen molar-refractivity contribution in [2.24, 2.45) is 0 Å². The maximum Gasteiger partial charge on any atom is 0.0491 e. The van der Waals surface area contributed by atoms with E-state index in [4.69, 9.17) is 0 Å². The van der Waals surface area contributed by atoms with Crippen molar-refractivity contribution in [3.8, 4) is 11.1 Å². The zero-order chi connectivity index (χ0) is 20.4. The van der Waals surface area contributed by atoms with E-state index in [-0.39, 0.29) is 0 Å². The van der Waals surface area contributed by atoms with Crippen LogP contribution in [-0.4, -0.2) is 0 Å². The summed E-state index contributed by atoms with van der Waals surface area (Å²) in [6, 6.07) is 32.6. The van der Waals surface area contributed by atoms with E-state index in [1.54, 1.807) is 0 Å². The molecule has 0 N–H and O–H groups in total. The molecule has 0 spiro atoms. The highest BCUT2D eigenvalue weighted by Gasteiger charge is 2.18. The van der Waals surface area contributed by atoms with Gasteiger partial charge in [0, 0.05) is 17.1 Å². The molecule has 0 aliphatic carbocycles. The minimum absolute atomic E-state index is 1.21. The summed E-state index contributed by atoms with van der Waals surface area (Å²) in [7, 11) is 0. The Morgan fingerprint density at radius 2 is 0.931 bits per heavy atom. The van der Waals surface area contributed by atoms with E-state index in [2.05, 4.69) is 124 Å². The summed E-state index contributed by atoms with van der Waals surface area (Å²) in [5, 5.41) is 0. The normalized spacial score (nSPS) is 10.8. The van der Waals surface area contributed by atoms with Gasteiger partial charge in [0.05, 0.1) is 0 Å². The molecule has 4 rings (SSSR count). The van der Waals surface area contributed by atoms with Gasteiger partial charge in [-0.15, -0.1) is 0 Å². The van der Waals surface area contributed by atoms with Gasteiger partial charge in [0.1, 0.15) is 0 Å².